The molecule has 9 nitrogen and oxygen atoms in total. The fourth-order valence-electron chi connectivity index (χ4n) is 3.06. The van der Waals surface area contributed by atoms with E-state index in [0.29, 0.717) is 30.2 Å². The maximum atomic E-state index is 12.8. The summed E-state index contributed by atoms with van der Waals surface area (Å²) in [6, 6.07) is 11.4. The first-order valence-electron chi connectivity index (χ1n) is 11.1. The highest BCUT2D eigenvalue weighted by molar-refractivity contribution is 7.89. The van der Waals surface area contributed by atoms with Gasteiger partial charge in [0.25, 0.3) is 0 Å². The number of benzene rings is 2. The first kappa shape index (κ1) is 27.1. The molecule has 34 heavy (non-hydrogen) atoms. The van der Waals surface area contributed by atoms with Crippen molar-refractivity contribution in [2.24, 2.45) is 5.41 Å². The van der Waals surface area contributed by atoms with Crippen molar-refractivity contribution in [1.82, 2.24) is 4.31 Å². The number of sulfonamides is 1. The summed E-state index contributed by atoms with van der Waals surface area (Å²) in [5.41, 5.74) is 0.983. The first-order valence-corrected chi connectivity index (χ1v) is 12.5. The van der Waals surface area contributed by atoms with Crippen molar-refractivity contribution in [2.75, 3.05) is 42.7 Å². The first-order chi connectivity index (χ1) is 15.9. The van der Waals surface area contributed by atoms with Crippen LogP contribution in [0, 0.1) is 5.41 Å². The highest BCUT2D eigenvalue weighted by Gasteiger charge is 2.23. The van der Waals surface area contributed by atoms with Crippen molar-refractivity contribution in [3.8, 4) is 5.75 Å². The average Bonchev–Trinajstić information content (AvgIpc) is 2.78. The lowest BCUT2D eigenvalue weighted by molar-refractivity contribution is -0.123. The van der Waals surface area contributed by atoms with Gasteiger partial charge in [0.05, 0.1) is 24.2 Å². The summed E-state index contributed by atoms with van der Waals surface area (Å²) >= 11 is 0. The number of ether oxygens (including phenoxy) is 1. The second-order valence-corrected chi connectivity index (χ2v) is 10.6. The fourth-order valence-corrected chi connectivity index (χ4v) is 4.54. The smallest absolute Gasteiger partial charge is 0.243 e. The van der Waals surface area contributed by atoms with Gasteiger partial charge in [-0.2, -0.15) is 4.31 Å². The van der Waals surface area contributed by atoms with Crippen molar-refractivity contribution < 1.29 is 22.7 Å². The molecule has 186 valence electrons. The Labute approximate surface area is 201 Å². The van der Waals surface area contributed by atoms with Crippen LogP contribution in [0.5, 0.6) is 5.75 Å². The van der Waals surface area contributed by atoms with Gasteiger partial charge in [-0.05, 0) is 36.4 Å². The molecule has 2 amide bonds. The number of carbonyl (C=O) groups is 2. The molecule has 3 N–H and O–H groups in total. The molecule has 0 atom stereocenters. The summed E-state index contributed by atoms with van der Waals surface area (Å²) in [7, 11) is -2.25. The van der Waals surface area contributed by atoms with Gasteiger partial charge >= 0.3 is 0 Å². The third kappa shape index (κ3) is 6.94. The van der Waals surface area contributed by atoms with Crippen LogP contribution in [0.25, 0.3) is 0 Å². The average molecular weight is 491 g/mol. The molecule has 0 aromatic heterocycles. The molecule has 0 spiro atoms. The van der Waals surface area contributed by atoms with Gasteiger partial charge < -0.3 is 20.7 Å². The van der Waals surface area contributed by atoms with Gasteiger partial charge in [0, 0.05) is 29.9 Å². The van der Waals surface area contributed by atoms with Gasteiger partial charge in [-0.3, -0.25) is 9.59 Å². The molecule has 0 fully saturated rings. The standard InChI is InChI=1S/C24H34N4O5S/c1-7-28(8-2)34(31,32)19-12-13-21(33-6)20(15-19)27-22(29)16-25-17-10-9-11-18(14-17)26-23(30)24(3,4)5/h9-15,25H,7-8,16H2,1-6H3,(H,26,30)(H,27,29). The largest absolute Gasteiger partial charge is 0.495 e. The zero-order valence-electron chi connectivity index (χ0n) is 20.6. The SMILES string of the molecule is CCN(CC)S(=O)(=O)c1ccc(OC)c(NC(=O)CNc2cccc(NC(=O)C(C)(C)C)c2)c1. The van der Waals surface area contributed by atoms with E-state index >= 15 is 0 Å². The number of methoxy groups -OCH3 is 1. The van der Waals surface area contributed by atoms with E-state index in [2.05, 4.69) is 16.0 Å². The van der Waals surface area contributed by atoms with Crippen molar-refractivity contribution >= 4 is 38.9 Å². The van der Waals surface area contributed by atoms with Gasteiger partial charge in [0.2, 0.25) is 21.8 Å². The monoisotopic (exact) mass is 490 g/mol. The van der Waals surface area contributed by atoms with Crippen LogP contribution in [0.15, 0.2) is 47.4 Å². The van der Waals surface area contributed by atoms with E-state index in [9.17, 15) is 18.0 Å². The predicted octanol–water partition coefficient (Wildman–Crippen LogP) is 3.76. The molecule has 2 aromatic carbocycles. The number of amides is 2. The van der Waals surface area contributed by atoms with Crippen LogP contribution in [0.1, 0.15) is 34.6 Å². The minimum absolute atomic E-state index is 0.0718. The van der Waals surface area contributed by atoms with Crippen molar-refractivity contribution in [1.29, 1.82) is 0 Å². The van der Waals surface area contributed by atoms with E-state index in [1.807, 2.05) is 20.8 Å². The minimum Gasteiger partial charge on any atom is -0.495 e. The Morgan fingerprint density at radius 3 is 2.21 bits per heavy atom. The lowest BCUT2D eigenvalue weighted by atomic mass is 9.95. The Hall–Kier alpha value is -3.11. The molecule has 0 aliphatic rings. The van der Waals surface area contributed by atoms with E-state index in [4.69, 9.17) is 4.74 Å². The molecule has 2 aromatic rings. The summed E-state index contributed by atoms with van der Waals surface area (Å²) in [6.45, 7) is 9.61. The third-order valence-corrected chi connectivity index (χ3v) is 7.09. The molecule has 0 saturated heterocycles. The number of hydrogen-bond donors (Lipinski definition) is 3. The zero-order valence-corrected chi connectivity index (χ0v) is 21.4. The summed E-state index contributed by atoms with van der Waals surface area (Å²) in [5.74, 6) is -0.160. The molecule has 0 unspecified atom stereocenters. The number of carbonyl (C=O) groups excluding carboxylic acids is 2. The quantitative estimate of drug-likeness (QED) is 0.467. The predicted molar refractivity (Wildman–Crippen MR) is 135 cm³/mol. The second-order valence-electron chi connectivity index (χ2n) is 8.64. The van der Waals surface area contributed by atoms with Crippen LogP contribution in [-0.4, -0.2) is 51.3 Å². The Morgan fingerprint density at radius 1 is 0.971 bits per heavy atom. The molecule has 0 aliphatic carbocycles. The Balaban J connectivity index is 2.12. The van der Waals surface area contributed by atoms with E-state index in [1.165, 1.54) is 29.6 Å². The van der Waals surface area contributed by atoms with Crippen molar-refractivity contribution in [2.45, 2.75) is 39.5 Å². The minimum atomic E-state index is -3.69. The number of nitrogens with one attached hydrogen (secondary N) is 3. The highest BCUT2D eigenvalue weighted by Crippen LogP contribution is 2.29. The summed E-state index contributed by atoms with van der Waals surface area (Å²) in [6.07, 6.45) is 0. The third-order valence-electron chi connectivity index (χ3n) is 5.04. The molecule has 0 aliphatic heterocycles. The second kappa shape index (κ2) is 11.3. The van der Waals surface area contributed by atoms with Crippen LogP contribution in [0.2, 0.25) is 0 Å². The normalized spacial score (nSPS) is 11.7. The summed E-state index contributed by atoms with van der Waals surface area (Å²) in [4.78, 5) is 24.9. The molecule has 2 rings (SSSR count). The topological polar surface area (TPSA) is 117 Å². The number of rotatable bonds is 10. The van der Waals surface area contributed by atoms with E-state index in [1.54, 1.807) is 38.1 Å². The van der Waals surface area contributed by atoms with Crippen LogP contribution >= 0.6 is 0 Å². The number of anilines is 3. The van der Waals surface area contributed by atoms with Gasteiger partial charge in [-0.1, -0.05) is 40.7 Å². The Morgan fingerprint density at radius 2 is 1.62 bits per heavy atom. The Bertz CT molecular complexity index is 1120. The highest BCUT2D eigenvalue weighted by atomic mass is 32.2. The zero-order chi connectivity index (χ0) is 25.5. The molecule has 0 bridgehead atoms. The van der Waals surface area contributed by atoms with Crippen molar-refractivity contribution in [3.05, 3.63) is 42.5 Å². The van der Waals surface area contributed by atoms with Gasteiger partial charge in [0.15, 0.2) is 0 Å². The van der Waals surface area contributed by atoms with Gasteiger partial charge in [-0.15, -0.1) is 0 Å². The number of hydrogen-bond acceptors (Lipinski definition) is 6. The van der Waals surface area contributed by atoms with E-state index in [-0.39, 0.29) is 28.9 Å². The maximum absolute atomic E-state index is 12.8. The molecule has 10 heteroatoms. The maximum Gasteiger partial charge on any atom is 0.243 e. The Kier molecular flexibility index (Phi) is 9.06. The van der Waals surface area contributed by atoms with Crippen molar-refractivity contribution in [3.63, 3.8) is 0 Å². The summed E-state index contributed by atoms with van der Waals surface area (Å²) < 4.78 is 32.3. The fraction of sp³-hybridized carbons (Fsp3) is 0.417. The summed E-state index contributed by atoms with van der Waals surface area (Å²) in [5, 5.41) is 8.56. The van der Waals surface area contributed by atoms with Gasteiger partial charge in [0.1, 0.15) is 5.75 Å². The molecular formula is C24H34N4O5S. The molecule has 0 heterocycles. The van der Waals surface area contributed by atoms with Crippen LogP contribution in [0.4, 0.5) is 17.1 Å². The van der Waals surface area contributed by atoms with Crippen LogP contribution < -0.4 is 20.7 Å². The van der Waals surface area contributed by atoms with E-state index < -0.39 is 15.4 Å². The van der Waals surface area contributed by atoms with Crippen LogP contribution in [0.3, 0.4) is 0 Å². The molecule has 0 saturated carbocycles. The van der Waals surface area contributed by atoms with Gasteiger partial charge in [-0.25, -0.2) is 8.42 Å². The number of nitrogens with zero attached hydrogens (tertiary/aromatic N) is 1. The lowest BCUT2D eigenvalue weighted by Crippen LogP contribution is -2.30. The van der Waals surface area contributed by atoms with E-state index in [0.717, 1.165) is 0 Å². The lowest BCUT2D eigenvalue weighted by Gasteiger charge is -2.20. The van der Waals surface area contributed by atoms with Crippen LogP contribution in [-0.2, 0) is 19.6 Å². The molecule has 0 radical (unpaired) electrons. The molecular weight excluding hydrogens is 456 g/mol.